The Morgan fingerprint density at radius 1 is 1.14 bits per heavy atom. The molecule has 9 heteroatoms. The Hall–Kier alpha value is -2.97. The van der Waals surface area contributed by atoms with E-state index in [1.54, 1.807) is 17.0 Å². The molecule has 0 N–H and O–H groups in total. The highest BCUT2D eigenvalue weighted by Crippen LogP contribution is 2.51. The second kappa shape index (κ2) is 8.81. The Labute approximate surface area is 216 Å². The minimum Gasteiger partial charge on any atom is -0.337 e. The van der Waals surface area contributed by atoms with Crippen LogP contribution < -0.4 is 0 Å². The molecule has 2 aromatic carbocycles. The third kappa shape index (κ3) is 4.10. The van der Waals surface area contributed by atoms with Gasteiger partial charge in [0.25, 0.3) is 0 Å². The van der Waals surface area contributed by atoms with Crippen molar-refractivity contribution in [2.45, 2.75) is 74.8 Å². The topological polar surface area (TPSA) is 40.6 Å². The lowest BCUT2D eigenvalue weighted by Gasteiger charge is -2.44. The molecule has 0 saturated carbocycles. The van der Waals surface area contributed by atoms with E-state index in [-0.39, 0.29) is 32.2 Å². The normalized spacial score (nSPS) is 28.7. The van der Waals surface area contributed by atoms with Crippen LogP contribution in [0.3, 0.4) is 0 Å². The number of carbonyl (C=O) groups is 2. The summed E-state index contributed by atoms with van der Waals surface area (Å²) in [6, 6.07) is 8.18. The number of rotatable bonds is 4. The number of likely N-dealkylation sites (N-methyl/N-ethyl adjacent to an activating group) is 1. The van der Waals surface area contributed by atoms with E-state index in [4.69, 9.17) is 4.11 Å². The van der Waals surface area contributed by atoms with Gasteiger partial charge in [0.1, 0.15) is 11.9 Å². The summed E-state index contributed by atoms with van der Waals surface area (Å²) in [6.07, 6.45) is -3.85. The SMILES string of the molecule is [2H]C([2H])([2H])N1C(=O)CC[C@H]1C(=O)N1CCC2(Cc3cccc(F)c3)c3ccc(C(C)(F)C(F)(F)F)cc3CCC12. The van der Waals surface area contributed by atoms with Gasteiger partial charge >= 0.3 is 6.18 Å². The first kappa shape index (κ1) is 22.1. The van der Waals surface area contributed by atoms with Crippen LogP contribution in [0, 0.1) is 5.82 Å². The van der Waals surface area contributed by atoms with Gasteiger partial charge in [-0.2, -0.15) is 13.2 Å². The minimum absolute atomic E-state index is 0.0610. The molecule has 2 saturated heterocycles. The van der Waals surface area contributed by atoms with E-state index in [9.17, 15) is 31.5 Å². The van der Waals surface area contributed by atoms with Crippen LogP contribution in [-0.2, 0) is 33.5 Å². The van der Waals surface area contributed by atoms with Crippen LogP contribution in [0.1, 0.15) is 59.0 Å². The Morgan fingerprint density at radius 3 is 2.62 bits per heavy atom. The van der Waals surface area contributed by atoms with Gasteiger partial charge in [0, 0.05) is 35.5 Å². The maximum Gasteiger partial charge on any atom is 0.426 e. The molecular weight excluding hydrogens is 491 g/mol. The van der Waals surface area contributed by atoms with Gasteiger partial charge in [0.15, 0.2) is 0 Å². The molecule has 2 heterocycles. The standard InChI is InChI=1S/C28H29F5N2O2/c1-26(30,28(31,32)33)19-7-8-21-18(15-19)6-10-23-27(21,16-17-4-3-5-20(29)14-17)12-13-35(23)25(37)22-9-11-24(36)34(22)2/h3-5,7-8,14-15,22-23H,6,9-13,16H2,1-2H3/t22-,23?,26?,27?/m0/s1/i2D3. The predicted molar refractivity (Wildman–Crippen MR) is 127 cm³/mol. The van der Waals surface area contributed by atoms with Crippen LogP contribution in [0.5, 0.6) is 0 Å². The molecule has 5 rings (SSSR count). The van der Waals surface area contributed by atoms with Gasteiger partial charge in [-0.15, -0.1) is 0 Å². The third-order valence-electron chi connectivity index (χ3n) is 8.40. The van der Waals surface area contributed by atoms with Crippen molar-refractivity contribution < 1.29 is 35.7 Å². The largest absolute Gasteiger partial charge is 0.426 e. The number of alkyl halides is 4. The number of fused-ring (bicyclic) bond motifs is 3. The maximum absolute atomic E-state index is 14.9. The van der Waals surface area contributed by atoms with E-state index in [1.807, 2.05) is 0 Å². The molecule has 0 bridgehead atoms. The van der Waals surface area contributed by atoms with E-state index in [0.29, 0.717) is 41.4 Å². The number of nitrogens with zero attached hydrogens (tertiary/aromatic N) is 2. The summed E-state index contributed by atoms with van der Waals surface area (Å²) in [5.41, 5.74) is -3.06. The average molecular weight is 524 g/mol. The zero-order chi connectivity index (χ0) is 29.3. The van der Waals surface area contributed by atoms with Crippen molar-refractivity contribution in [2.24, 2.45) is 0 Å². The molecule has 0 radical (unpaired) electrons. The summed E-state index contributed by atoms with van der Waals surface area (Å²) in [5.74, 6) is -1.57. The number of likely N-dealkylation sites (tertiary alicyclic amines) is 2. The summed E-state index contributed by atoms with van der Waals surface area (Å²) in [4.78, 5) is 28.4. The van der Waals surface area contributed by atoms with Crippen LogP contribution in [-0.4, -0.2) is 53.4 Å². The van der Waals surface area contributed by atoms with Crippen molar-refractivity contribution in [3.8, 4) is 0 Å². The monoisotopic (exact) mass is 523 g/mol. The van der Waals surface area contributed by atoms with E-state index in [0.717, 1.165) is 6.07 Å². The zero-order valence-electron chi connectivity index (χ0n) is 23.2. The van der Waals surface area contributed by atoms with E-state index >= 15 is 0 Å². The van der Waals surface area contributed by atoms with Gasteiger partial charge in [-0.25, -0.2) is 8.78 Å². The highest BCUT2D eigenvalue weighted by Gasteiger charge is 2.56. The van der Waals surface area contributed by atoms with Crippen LogP contribution in [0.4, 0.5) is 22.0 Å². The van der Waals surface area contributed by atoms with Crippen molar-refractivity contribution in [3.63, 3.8) is 0 Å². The number of halogens is 5. The first-order valence-electron chi connectivity index (χ1n) is 13.8. The summed E-state index contributed by atoms with van der Waals surface area (Å²) < 4.78 is 92.8. The molecule has 4 nitrogen and oxygen atoms in total. The number of aryl methyl sites for hydroxylation is 1. The second-order valence-corrected chi connectivity index (χ2v) is 10.5. The summed E-state index contributed by atoms with van der Waals surface area (Å²) in [5, 5.41) is 0. The van der Waals surface area contributed by atoms with Crippen LogP contribution >= 0.6 is 0 Å². The van der Waals surface area contributed by atoms with E-state index < -0.39 is 59.5 Å². The smallest absolute Gasteiger partial charge is 0.337 e. The Kier molecular flexibility index (Phi) is 5.25. The Morgan fingerprint density at radius 2 is 1.92 bits per heavy atom. The number of hydrogen-bond acceptors (Lipinski definition) is 2. The van der Waals surface area contributed by atoms with Crippen molar-refractivity contribution in [1.29, 1.82) is 0 Å². The van der Waals surface area contributed by atoms with Crippen molar-refractivity contribution in [3.05, 3.63) is 70.5 Å². The zero-order valence-corrected chi connectivity index (χ0v) is 20.2. The molecule has 3 aliphatic rings. The molecule has 2 amide bonds. The van der Waals surface area contributed by atoms with Gasteiger partial charge in [-0.05, 0) is 73.4 Å². The molecule has 2 aromatic rings. The summed E-state index contributed by atoms with van der Waals surface area (Å²) in [6.45, 7) is -2.07. The van der Waals surface area contributed by atoms with Crippen molar-refractivity contribution in [1.82, 2.24) is 9.80 Å². The van der Waals surface area contributed by atoms with Crippen LogP contribution in [0.15, 0.2) is 42.5 Å². The lowest BCUT2D eigenvalue weighted by molar-refractivity contribution is -0.228. The predicted octanol–water partition coefficient (Wildman–Crippen LogP) is 5.22. The molecule has 2 aliphatic heterocycles. The molecule has 1 aliphatic carbocycles. The number of carbonyl (C=O) groups excluding carboxylic acids is 2. The van der Waals surface area contributed by atoms with E-state index in [2.05, 4.69) is 0 Å². The molecular formula is C28H29F5N2O2. The quantitative estimate of drug-likeness (QED) is 0.516. The first-order valence-corrected chi connectivity index (χ1v) is 12.3. The van der Waals surface area contributed by atoms with Crippen LogP contribution in [0.2, 0.25) is 0 Å². The fraction of sp³-hybridized carbons (Fsp3) is 0.500. The van der Waals surface area contributed by atoms with Gasteiger partial charge in [0.2, 0.25) is 17.5 Å². The fourth-order valence-corrected chi connectivity index (χ4v) is 6.41. The number of amides is 2. The van der Waals surface area contributed by atoms with Gasteiger partial charge in [0.05, 0.1) is 0 Å². The van der Waals surface area contributed by atoms with E-state index in [1.165, 1.54) is 24.3 Å². The molecule has 2 fully saturated rings. The number of benzene rings is 2. The summed E-state index contributed by atoms with van der Waals surface area (Å²) in [7, 11) is 0. The molecule has 3 unspecified atom stereocenters. The first-order chi connectivity index (χ1) is 18.6. The summed E-state index contributed by atoms with van der Waals surface area (Å²) >= 11 is 0. The molecule has 198 valence electrons. The van der Waals surface area contributed by atoms with Gasteiger partial charge in [-0.3, -0.25) is 9.59 Å². The maximum atomic E-state index is 14.9. The second-order valence-electron chi connectivity index (χ2n) is 10.5. The molecule has 0 spiro atoms. The average Bonchev–Trinajstić information content (AvgIpc) is 3.43. The van der Waals surface area contributed by atoms with Crippen molar-refractivity contribution in [2.75, 3.05) is 13.5 Å². The highest BCUT2D eigenvalue weighted by molar-refractivity contribution is 5.91. The lowest BCUT2D eigenvalue weighted by atomic mass is 9.63. The van der Waals surface area contributed by atoms with Crippen molar-refractivity contribution >= 4 is 11.8 Å². The number of hydrogen-bond donors (Lipinski definition) is 0. The highest BCUT2D eigenvalue weighted by atomic mass is 19.4. The minimum atomic E-state index is -5.11. The fourth-order valence-electron chi connectivity index (χ4n) is 6.41. The molecule has 37 heavy (non-hydrogen) atoms. The van der Waals surface area contributed by atoms with Gasteiger partial charge in [-0.1, -0.05) is 30.3 Å². The van der Waals surface area contributed by atoms with Gasteiger partial charge < -0.3 is 9.80 Å². The Bertz CT molecular complexity index is 1350. The van der Waals surface area contributed by atoms with Crippen LogP contribution in [0.25, 0.3) is 0 Å². The lowest BCUT2D eigenvalue weighted by Crippen LogP contribution is -2.53. The molecule has 4 atom stereocenters. The Balaban J connectivity index is 1.56. The third-order valence-corrected chi connectivity index (χ3v) is 8.40. The molecule has 0 aromatic heterocycles.